The molecule has 0 radical (unpaired) electrons. The van der Waals surface area contributed by atoms with Crippen LogP contribution < -0.4 is 5.32 Å². The first-order valence-electron chi connectivity index (χ1n) is 8.52. The maximum atomic E-state index is 13.4. The van der Waals surface area contributed by atoms with Crippen LogP contribution in [0.1, 0.15) is 27.9 Å². The first kappa shape index (κ1) is 18.6. The summed E-state index contributed by atoms with van der Waals surface area (Å²) in [6.07, 6.45) is -0.430. The van der Waals surface area contributed by atoms with Gasteiger partial charge in [-0.3, -0.25) is 9.59 Å². The van der Waals surface area contributed by atoms with Crippen molar-refractivity contribution in [2.24, 2.45) is 5.16 Å². The van der Waals surface area contributed by atoms with Crippen LogP contribution in [0.2, 0.25) is 0 Å². The lowest BCUT2D eigenvalue weighted by atomic mass is 10.0. The van der Waals surface area contributed by atoms with Crippen LogP contribution in [0.15, 0.2) is 53.7 Å². The maximum Gasteiger partial charge on any atom is 0.266 e. The van der Waals surface area contributed by atoms with Gasteiger partial charge in [0.25, 0.3) is 11.8 Å². The van der Waals surface area contributed by atoms with Crippen molar-refractivity contribution in [2.45, 2.75) is 19.1 Å². The van der Waals surface area contributed by atoms with Gasteiger partial charge in [-0.15, -0.1) is 0 Å². The highest BCUT2D eigenvalue weighted by atomic mass is 19.1. The standard InChI is InChI=1S/C20H20FN3O3/c1-22-19(25)14-8-6-13(7-9-14)12-24(2)20(26)18-11-17(23-27-18)15-4-3-5-16(21)10-15/h3-10,18H,11-12H2,1-2H3,(H,22,25)/t18-/m0/s1. The topological polar surface area (TPSA) is 71.0 Å². The number of likely N-dealkylation sites (N-methyl/N-ethyl adjacent to an activating group) is 1. The van der Waals surface area contributed by atoms with Crippen molar-refractivity contribution >= 4 is 17.5 Å². The second-order valence-corrected chi connectivity index (χ2v) is 6.32. The second kappa shape index (κ2) is 7.99. The molecule has 140 valence electrons. The Morgan fingerprint density at radius 2 is 2.00 bits per heavy atom. The van der Waals surface area contributed by atoms with Crippen LogP contribution in [0.3, 0.4) is 0 Å². The van der Waals surface area contributed by atoms with E-state index in [0.29, 0.717) is 29.8 Å². The van der Waals surface area contributed by atoms with E-state index in [1.807, 2.05) is 0 Å². The van der Waals surface area contributed by atoms with Gasteiger partial charge in [0.2, 0.25) is 6.10 Å². The van der Waals surface area contributed by atoms with Crippen molar-refractivity contribution in [1.29, 1.82) is 0 Å². The van der Waals surface area contributed by atoms with Gasteiger partial charge in [-0.05, 0) is 29.8 Å². The smallest absolute Gasteiger partial charge is 0.266 e. The molecule has 3 rings (SSSR count). The number of nitrogens with zero attached hydrogens (tertiary/aromatic N) is 2. The molecule has 2 aromatic carbocycles. The molecule has 0 saturated carbocycles. The summed E-state index contributed by atoms with van der Waals surface area (Å²) < 4.78 is 13.4. The molecule has 1 atom stereocenters. The number of benzene rings is 2. The molecule has 6 nitrogen and oxygen atoms in total. The van der Waals surface area contributed by atoms with Crippen LogP contribution in [-0.4, -0.2) is 42.6 Å². The lowest BCUT2D eigenvalue weighted by Crippen LogP contribution is -2.36. The Labute approximate surface area is 156 Å². The SMILES string of the molecule is CNC(=O)c1ccc(CN(C)C(=O)[C@@H]2CC(c3cccc(F)c3)=NO2)cc1. The van der Waals surface area contributed by atoms with E-state index in [4.69, 9.17) is 4.84 Å². The minimum atomic E-state index is -0.724. The summed E-state index contributed by atoms with van der Waals surface area (Å²) in [5.41, 5.74) is 2.61. The first-order chi connectivity index (χ1) is 13.0. The third-order valence-electron chi connectivity index (χ3n) is 4.34. The molecule has 2 aromatic rings. The highest BCUT2D eigenvalue weighted by Crippen LogP contribution is 2.19. The van der Waals surface area contributed by atoms with Crippen LogP contribution in [0.5, 0.6) is 0 Å². The van der Waals surface area contributed by atoms with Gasteiger partial charge in [0.05, 0.1) is 5.71 Å². The molecule has 0 aromatic heterocycles. The molecule has 0 fully saturated rings. The lowest BCUT2D eigenvalue weighted by Gasteiger charge is -2.20. The average molecular weight is 369 g/mol. The van der Waals surface area contributed by atoms with Gasteiger partial charge < -0.3 is 15.1 Å². The first-order valence-corrected chi connectivity index (χ1v) is 8.52. The van der Waals surface area contributed by atoms with E-state index in [-0.39, 0.29) is 17.6 Å². The van der Waals surface area contributed by atoms with E-state index in [0.717, 1.165) is 5.56 Å². The predicted molar refractivity (Wildman–Crippen MR) is 98.7 cm³/mol. The third-order valence-corrected chi connectivity index (χ3v) is 4.34. The van der Waals surface area contributed by atoms with Crippen molar-refractivity contribution in [1.82, 2.24) is 10.2 Å². The number of oxime groups is 1. The van der Waals surface area contributed by atoms with Crippen LogP contribution in [0.4, 0.5) is 4.39 Å². The molecule has 0 aliphatic carbocycles. The quantitative estimate of drug-likeness (QED) is 0.879. The number of nitrogens with one attached hydrogen (secondary N) is 1. The van der Waals surface area contributed by atoms with Crippen LogP contribution in [0.25, 0.3) is 0 Å². The maximum absolute atomic E-state index is 13.4. The van der Waals surface area contributed by atoms with Gasteiger partial charge in [-0.25, -0.2) is 4.39 Å². The van der Waals surface area contributed by atoms with Gasteiger partial charge in [0.15, 0.2) is 0 Å². The number of rotatable bonds is 5. The van der Waals surface area contributed by atoms with Crippen LogP contribution >= 0.6 is 0 Å². The molecule has 7 heteroatoms. The number of carbonyl (C=O) groups is 2. The fourth-order valence-electron chi connectivity index (χ4n) is 2.85. The van der Waals surface area contributed by atoms with E-state index in [9.17, 15) is 14.0 Å². The Bertz CT molecular complexity index is 880. The zero-order chi connectivity index (χ0) is 19.4. The summed E-state index contributed by atoms with van der Waals surface area (Å²) in [6, 6.07) is 13.1. The van der Waals surface area contributed by atoms with E-state index < -0.39 is 6.10 Å². The van der Waals surface area contributed by atoms with Crippen molar-refractivity contribution in [3.63, 3.8) is 0 Å². The van der Waals surface area contributed by atoms with E-state index >= 15 is 0 Å². The summed E-state index contributed by atoms with van der Waals surface area (Å²) in [5.74, 6) is -0.727. The summed E-state index contributed by atoms with van der Waals surface area (Å²) in [6.45, 7) is 0.377. The minimum Gasteiger partial charge on any atom is -0.382 e. The highest BCUT2D eigenvalue weighted by molar-refractivity contribution is 6.04. The van der Waals surface area contributed by atoms with Gasteiger partial charge in [-0.1, -0.05) is 29.4 Å². The molecule has 0 spiro atoms. The van der Waals surface area contributed by atoms with Crippen LogP contribution in [0, 0.1) is 5.82 Å². The summed E-state index contributed by atoms with van der Waals surface area (Å²) in [4.78, 5) is 31.0. The second-order valence-electron chi connectivity index (χ2n) is 6.32. The molecule has 0 saturated heterocycles. The van der Waals surface area contributed by atoms with Gasteiger partial charge in [-0.2, -0.15) is 0 Å². The molecular formula is C20H20FN3O3. The van der Waals surface area contributed by atoms with E-state index in [1.165, 1.54) is 12.1 Å². The van der Waals surface area contributed by atoms with E-state index in [1.54, 1.807) is 55.4 Å². The molecule has 1 N–H and O–H groups in total. The molecule has 27 heavy (non-hydrogen) atoms. The molecule has 0 bridgehead atoms. The number of halogens is 1. The summed E-state index contributed by atoms with van der Waals surface area (Å²) >= 11 is 0. The highest BCUT2D eigenvalue weighted by Gasteiger charge is 2.31. The molecule has 1 aliphatic rings. The predicted octanol–water partition coefficient (Wildman–Crippen LogP) is 2.34. The monoisotopic (exact) mass is 369 g/mol. The van der Waals surface area contributed by atoms with Crippen molar-refractivity contribution < 1.29 is 18.8 Å². The largest absolute Gasteiger partial charge is 0.382 e. The van der Waals surface area contributed by atoms with Gasteiger partial charge in [0.1, 0.15) is 5.82 Å². The van der Waals surface area contributed by atoms with Gasteiger partial charge >= 0.3 is 0 Å². The summed E-state index contributed by atoms with van der Waals surface area (Å²) in [7, 11) is 3.25. The Balaban J connectivity index is 1.59. The van der Waals surface area contributed by atoms with Gasteiger partial charge in [0, 0.05) is 38.2 Å². The molecule has 1 heterocycles. The Hall–Kier alpha value is -3.22. The Morgan fingerprint density at radius 3 is 2.67 bits per heavy atom. The average Bonchev–Trinajstić information content (AvgIpc) is 3.17. The minimum absolute atomic E-state index is 0.160. The van der Waals surface area contributed by atoms with E-state index in [2.05, 4.69) is 10.5 Å². The Morgan fingerprint density at radius 1 is 1.26 bits per heavy atom. The molecule has 2 amide bonds. The van der Waals surface area contributed by atoms with Crippen molar-refractivity contribution in [3.8, 4) is 0 Å². The number of hydrogen-bond donors (Lipinski definition) is 1. The normalized spacial score (nSPS) is 15.7. The van der Waals surface area contributed by atoms with Crippen molar-refractivity contribution in [2.75, 3.05) is 14.1 Å². The third kappa shape index (κ3) is 4.31. The fourth-order valence-corrected chi connectivity index (χ4v) is 2.85. The fraction of sp³-hybridized carbons (Fsp3) is 0.250. The number of hydrogen-bond acceptors (Lipinski definition) is 4. The summed E-state index contributed by atoms with van der Waals surface area (Å²) in [5, 5.41) is 6.50. The molecular weight excluding hydrogens is 349 g/mol. The lowest BCUT2D eigenvalue weighted by molar-refractivity contribution is -0.141. The van der Waals surface area contributed by atoms with Crippen molar-refractivity contribution in [3.05, 3.63) is 71.0 Å². The zero-order valence-electron chi connectivity index (χ0n) is 15.1. The zero-order valence-corrected chi connectivity index (χ0v) is 15.1. The Kier molecular flexibility index (Phi) is 5.49. The number of amides is 2. The van der Waals surface area contributed by atoms with Crippen LogP contribution in [-0.2, 0) is 16.2 Å². The number of carbonyl (C=O) groups excluding carboxylic acids is 2. The molecule has 1 aliphatic heterocycles. The molecule has 0 unspecified atom stereocenters.